The standard InChI is InChI=1S/C19H18N2O4S/c1-2-12-5-3-6-13-14(9-20-18(12)13)15(22)11-25-17(23)10-21-19(24)16-7-4-8-26-16/h3-9,20H,2,10-11H2,1H3,(H,21,24). The summed E-state index contributed by atoms with van der Waals surface area (Å²) in [6.45, 7) is 1.40. The molecule has 0 aliphatic rings. The van der Waals surface area contributed by atoms with Gasteiger partial charge in [0, 0.05) is 22.7 Å². The number of rotatable bonds is 7. The molecule has 1 aromatic carbocycles. The van der Waals surface area contributed by atoms with E-state index in [0.29, 0.717) is 10.4 Å². The fraction of sp³-hybridized carbons (Fsp3) is 0.211. The third-order valence-corrected chi connectivity index (χ3v) is 4.85. The summed E-state index contributed by atoms with van der Waals surface area (Å²) in [5.41, 5.74) is 2.54. The summed E-state index contributed by atoms with van der Waals surface area (Å²) in [6, 6.07) is 9.18. The van der Waals surface area contributed by atoms with Gasteiger partial charge < -0.3 is 15.0 Å². The molecule has 7 heteroatoms. The molecule has 0 aliphatic carbocycles. The fourth-order valence-electron chi connectivity index (χ4n) is 2.66. The van der Waals surface area contributed by atoms with E-state index in [0.717, 1.165) is 22.9 Å². The Kier molecular flexibility index (Phi) is 5.48. The highest BCUT2D eigenvalue weighted by Crippen LogP contribution is 2.22. The lowest BCUT2D eigenvalue weighted by molar-refractivity contribution is -0.141. The molecule has 0 unspecified atom stereocenters. The molecule has 1 amide bonds. The van der Waals surface area contributed by atoms with Crippen LogP contribution in [0.15, 0.2) is 41.9 Å². The SMILES string of the molecule is CCc1cccc2c(C(=O)COC(=O)CNC(=O)c3cccs3)c[nH]c12. The second-order valence-electron chi connectivity index (χ2n) is 5.64. The Bertz CT molecular complexity index is 944. The second kappa shape index (κ2) is 7.97. The van der Waals surface area contributed by atoms with Gasteiger partial charge in [0.1, 0.15) is 6.54 Å². The average Bonchev–Trinajstić information content (AvgIpc) is 3.33. The third-order valence-electron chi connectivity index (χ3n) is 3.99. The summed E-state index contributed by atoms with van der Waals surface area (Å²) >= 11 is 1.28. The molecule has 0 spiro atoms. The van der Waals surface area contributed by atoms with E-state index in [9.17, 15) is 14.4 Å². The van der Waals surface area contributed by atoms with Gasteiger partial charge in [-0.05, 0) is 23.4 Å². The van der Waals surface area contributed by atoms with Gasteiger partial charge in [-0.25, -0.2) is 0 Å². The van der Waals surface area contributed by atoms with Gasteiger partial charge in [-0.2, -0.15) is 0 Å². The van der Waals surface area contributed by atoms with E-state index < -0.39 is 5.97 Å². The summed E-state index contributed by atoms with van der Waals surface area (Å²) < 4.78 is 4.99. The van der Waals surface area contributed by atoms with Crippen molar-refractivity contribution in [2.24, 2.45) is 0 Å². The molecule has 3 rings (SSSR count). The number of ether oxygens (including phenoxy) is 1. The van der Waals surface area contributed by atoms with Crippen LogP contribution in [0.3, 0.4) is 0 Å². The van der Waals surface area contributed by atoms with Crippen LogP contribution in [0.4, 0.5) is 0 Å². The summed E-state index contributed by atoms with van der Waals surface area (Å²) in [5.74, 6) is -1.29. The van der Waals surface area contributed by atoms with E-state index in [1.807, 2.05) is 25.1 Å². The van der Waals surface area contributed by atoms with Crippen molar-refractivity contribution in [2.45, 2.75) is 13.3 Å². The molecule has 6 nitrogen and oxygen atoms in total. The number of carbonyl (C=O) groups is 3. The number of thiophene rings is 1. The van der Waals surface area contributed by atoms with Crippen LogP contribution >= 0.6 is 11.3 Å². The summed E-state index contributed by atoms with van der Waals surface area (Å²) in [5, 5.41) is 5.06. The van der Waals surface area contributed by atoms with E-state index in [2.05, 4.69) is 10.3 Å². The van der Waals surface area contributed by atoms with Crippen molar-refractivity contribution in [1.82, 2.24) is 10.3 Å². The lowest BCUT2D eigenvalue weighted by Crippen LogP contribution is -2.31. The van der Waals surface area contributed by atoms with Crippen molar-refractivity contribution in [3.05, 3.63) is 57.9 Å². The lowest BCUT2D eigenvalue weighted by atomic mass is 10.1. The maximum absolute atomic E-state index is 12.4. The van der Waals surface area contributed by atoms with Crippen molar-refractivity contribution < 1.29 is 19.1 Å². The summed E-state index contributed by atoms with van der Waals surface area (Å²) in [7, 11) is 0. The van der Waals surface area contributed by atoms with Crippen LogP contribution < -0.4 is 5.32 Å². The Labute approximate surface area is 154 Å². The first-order valence-electron chi connectivity index (χ1n) is 8.19. The first-order valence-corrected chi connectivity index (χ1v) is 9.07. The Morgan fingerprint density at radius 2 is 2.04 bits per heavy atom. The van der Waals surface area contributed by atoms with Crippen LogP contribution in [0.25, 0.3) is 10.9 Å². The fourth-order valence-corrected chi connectivity index (χ4v) is 3.30. The highest BCUT2D eigenvalue weighted by molar-refractivity contribution is 7.12. The van der Waals surface area contributed by atoms with Crippen molar-refractivity contribution >= 4 is 39.9 Å². The molecule has 3 aromatic rings. The first kappa shape index (κ1) is 17.9. The van der Waals surface area contributed by atoms with Gasteiger partial charge in [-0.1, -0.05) is 31.2 Å². The molecule has 0 aliphatic heterocycles. The van der Waals surface area contributed by atoms with E-state index >= 15 is 0 Å². The number of ketones is 1. The van der Waals surface area contributed by atoms with Crippen LogP contribution in [-0.4, -0.2) is 35.8 Å². The molecular weight excluding hydrogens is 352 g/mol. The number of hydrogen-bond donors (Lipinski definition) is 2. The number of hydrogen-bond acceptors (Lipinski definition) is 5. The van der Waals surface area contributed by atoms with Gasteiger partial charge in [-0.15, -0.1) is 11.3 Å². The number of carbonyl (C=O) groups excluding carboxylic acids is 3. The van der Waals surface area contributed by atoms with Gasteiger partial charge in [0.15, 0.2) is 6.61 Å². The van der Waals surface area contributed by atoms with Crippen LogP contribution in [0.5, 0.6) is 0 Å². The molecule has 0 atom stereocenters. The minimum Gasteiger partial charge on any atom is -0.456 e. The van der Waals surface area contributed by atoms with Crippen LogP contribution in [0, 0.1) is 0 Å². The van der Waals surface area contributed by atoms with Gasteiger partial charge in [0.2, 0.25) is 5.78 Å². The summed E-state index contributed by atoms with van der Waals surface area (Å²) in [4.78, 5) is 39.5. The van der Waals surface area contributed by atoms with Gasteiger partial charge in [0.05, 0.1) is 4.88 Å². The molecule has 134 valence electrons. The van der Waals surface area contributed by atoms with Crippen LogP contribution in [0.1, 0.15) is 32.5 Å². The maximum Gasteiger partial charge on any atom is 0.325 e. The predicted molar refractivity (Wildman–Crippen MR) is 99.6 cm³/mol. The zero-order chi connectivity index (χ0) is 18.5. The van der Waals surface area contributed by atoms with Crippen molar-refractivity contribution in [1.29, 1.82) is 0 Å². The molecule has 2 heterocycles. The number of para-hydroxylation sites is 1. The Morgan fingerprint density at radius 3 is 2.77 bits per heavy atom. The molecule has 0 fully saturated rings. The van der Waals surface area contributed by atoms with E-state index in [4.69, 9.17) is 4.74 Å². The number of aryl methyl sites for hydroxylation is 1. The number of aromatic nitrogens is 1. The van der Waals surface area contributed by atoms with Gasteiger partial charge >= 0.3 is 5.97 Å². The Morgan fingerprint density at radius 1 is 1.19 bits per heavy atom. The molecular formula is C19H18N2O4S. The Hall–Kier alpha value is -2.93. The molecule has 0 bridgehead atoms. The summed E-state index contributed by atoms with van der Waals surface area (Å²) in [6.07, 6.45) is 2.49. The van der Waals surface area contributed by atoms with Gasteiger partial charge in [0.25, 0.3) is 5.91 Å². The molecule has 2 aromatic heterocycles. The monoisotopic (exact) mass is 370 g/mol. The quantitative estimate of drug-likeness (QED) is 0.494. The zero-order valence-electron chi connectivity index (χ0n) is 14.2. The number of Topliss-reactive ketones (excluding diaryl/α,β-unsaturated/α-hetero) is 1. The number of esters is 1. The topological polar surface area (TPSA) is 88.3 Å². The molecule has 26 heavy (non-hydrogen) atoms. The first-order chi connectivity index (χ1) is 12.6. The van der Waals surface area contributed by atoms with E-state index in [-0.39, 0.29) is 24.8 Å². The molecule has 0 saturated heterocycles. The number of fused-ring (bicyclic) bond motifs is 1. The number of amides is 1. The van der Waals surface area contributed by atoms with Crippen LogP contribution in [-0.2, 0) is 16.0 Å². The minimum absolute atomic E-state index is 0.280. The molecule has 0 radical (unpaired) electrons. The highest BCUT2D eigenvalue weighted by atomic mass is 32.1. The smallest absolute Gasteiger partial charge is 0.325 e. The van der Waals surface area contributed by atoms with Crippen molar-refractivity contribution in [3.8, 4) is 0 Å². The normalized spacial score (nSPS) is 10.7. The largest absolute Gasteiger partial charge is 0.456 e. The van der Waals surface area contributed by atoms with Crippen molar-refractivity contribution in [3.63, 3.8) is 0 Å². The second-order valence-corrected chi connectivity index (χ2v) is 6.59. The number of nitrogens with one attached hydrogen (secondary N) is 2. The number of H-pyrrole nitrogens is 1. The maximum atomic E-state index is 12.4. The number of aromatic amines is 1. The predicted octanol–water partition coefficient (Wildman–Crippen LogP) is 2.95. The Balaban J connectivity index is 1.55. The molecule has 0 saturated carbocycles. The lowest BCUT2D eigenvalue weighted by Gasteiger charge is -2.05. The van der Waals surface area contributed by atoms with Crippen LogP contribution in [0.2, 0.25) is 0 Å². The van der Waals surface area contributed by atoms with E-state index in [1.165, 1.54) is 11.3 Å². The third kappa shape index (κ3) is 3.83. The van der Waals surface area contributed by atoms with Crippen molar-refractivity contribution in [2.75, 3.05) is 13.2 Å². The van der Waals surface area contributed by atoms with E-state index in [1.54, 1.807) is 23.7 Å². The number of benzene rings is 1. The molecule has 2 N–H and O–H groups in total. The minimum atomic E-state index is -0.655. The zero-order valence-corrected chi connectivity index (χ0v) is 15.0. The van der Waals surface area contributed by atoms with Gasteiger partial charge in [-0.3, -0.25) is 14.4 Å². The average molecular weight is 370 g/mol. The highest BCUT2D eigenvalue weighted by Gasteiger charge is 2.16.